The molecule has 3 amide bonds. The molecule has 2 aromatic rings. The van der Waals surface area contributed by atoms with Gasteiger partial charge in [0.1, 0.15) is 6.04 Å². The van der Waals surface area contributed by atoms with E-state index in [1.165, 1.54) is 0 Å². The first-order valence-electron chi connectivity index (χ1n) is 9.28. The third-order valence-electron chi connectivity index (χ3n) is 5.01. The maximum Gasteiger partial charge on any atom is 0.325 e. The van der Waals surface area contributed by atoms with Gasteiger partial charge in [-0.1, -0.05) is 37.3 Å². The van der Waals surface area contributed by atoms with E-state index in [2.05, 4.69) is 16.8 Å². The molecule has 1 aliphatic rings. The number of carbonyl (C=O) groups excluding carboxylic acids is 3. The molecule has 0 unspecified atom stereocenters. The molecule has 2 heterocycles. The third kappa shape index (κ3) is 3.79. The van der Waals surface area contributed by atoms with Crippen molar-refractivity contribution >= 4 is 17.7 Å². The number of aromatic nitrogens is 1. The maximum atomic E-state index is 12.8. The minimum Gasteiger partial charge on any atom is -0.348 e. The van der Waals surface area contributed by atoms with E-state index in [1.54, 1.807) is 0 Å². The molecular weight excluding hydrogens is 342 g/mol. The molecule has 0 radical (unpaired) electrons. The first-order chi connectivity index (χ1) is 12.9. The number of Topliss-reactive ketones (excluding diaryl/α,β-unsaturated/α-hetero) is 1. The van der Waals surface area contributed by atoms with Crippen molar-refractivity contribution in [2.45, 2.75) is 46.2 Å². The van der Waals surface area contributed by atoms with Crippen molar-refractivity contribution in [2.24, 2.45) is 0 Å². The molecule has 1 aromatic carbocycles. The molecule has 1 fully saturated rings. The average Bonchev–Trinajstić information content (AvgIpc) is 3.07. The highest BCUT2D eigenvalue weighted by molar-refractivity contribution is 6.09. The van der Waals surface area contributed by atoms with Gasteiger partial charge in [0, 0.05) is 29.9 Å². The number of ketones is 1. The number of hydrogen-bond acceptors (Lipinski definition) is 3. The Kier molecular flexibility index (Phi) is 5.44. The zero-order valence-corrected chi connectivity index (χ0v) is 16.0. The van der Waals surface area contributed by atoms with Crippen LogP contribution in [0.25, 0.3) is 0 Å². The average molecular weight is 367 g/mol. The Morgan fingerprint density at radius 2 is 1.85 bits per heavy atom. The number of nitrogens with zero attached hydrogens (tertiary/aromatic N) is 2. The SMILES string of the molecule is CCCn1c(C)cc(C(=O)CN2C(=O)N[C@@H](Cc3ccccc3)C2=O)c1C. The fourth-order valence-corrected chi connectivity index (χ4v) is 3.59. The third-order valence-corrected chi connectivity index (χ3v) is 5.01. The second kappa shape index (κ2) is 7.78. The van der Waals surface area contributed by atoms with Crippen molar-refractivity contribution < 1.29 is 14.4 Å². The number of imide groups is 1. The number of benzene rings is 1. The number of urea groups is 1. The fraction of sp³-hybridized carbons (Fsp3) is 0.381. The van der Waals surface area contributed by atoms with Crippen LogP contribution in [0.1, 0.15) is 40.7 Å². The summed E-state index contributed by atoms with van der Waals surface area (Å²) in [5, 5.41) is 2.69. The minimum atomic E-state index is -0.625. The van der Waals surface area contributed by atoms with Gasteiger partial charge >= 0.3 is 6.03 Å². The number of nitrogens with one attached hydrogen (secondary N) is 1. The zero-order valence-electron chi connectivity index (χ0n) is 16.0. The predicted molar refractivity (Wildman–Crippen MR) is 103 cm³/mol. The van der Waals surface area contributed by atoms with Crippen LogP contribution in [-0.2, 0) is 17.8 Å². The summed E-state index contributed by atoms with van der Waals surface area (Å²) < 4.78 is 2.09. The van der Waals surface area contributed by atoms with Gasteiger partial charge in [0.2, 0.25) is 0 Å². The fourth-order valence-electron chi connectivity index (χ4n) is 3.59. The molecule has 0 bridgehead atoms. The van der Waals surface area contributed by atoms with Gasteiger partial charge in [-0.2, -0.15) is 0 Å². The van der Waals surface area contributed by atoms with Gasteiger partial charge in [-0.15, -0.1) is 0 Å². The number of aryl methyl sites for hydroxylation is 1. The molecule has 6 nitrogen and oxygen atoms in total. The highest BCUT2D eigenvalue weighted by atomic mass is 16.2. The van der Waals surface area contributed by atoms with Gasteiger partial charge < -0.3 is 9.88 Å². The van der Waals surface area contributed by atoms with E-state index in [-0.39, 0.29) is 18.2 Å². The van der Waals surface area contributed by atoms with Crippen molar-refractivity contribution in [2.75, 3.05) is 6.54 Å². The molecule has 1 aromatic heterocycles. The van der Waals surface area contributed by atoms with Crippen LogP contribution in [0.3, 0.4) is 0 Å². The van der Waals surface area contributed by atoms with Gasteiger partial charge in [0.25, 0.3) is 5.91 Å². The molecule has 6 heteroatoms. The Hall–Kier alpha value is -2.89. The summed E-state index contributed by atoms with van der Waals surface area (Å²) in [4.78, 5) is 38.7. The number of hydrogen-bond donors (Lipinski definition) is 1. The van der Waals surface area contributed by atoms with E-state index in [4.69, 9.17) is 0 Å². The van der Waals surface area contributed by atoms with E-state index in [1.807, 2.05) is 50.2 Å². The first kappa shape index (κ1) is 18.9. The van der Waals surface area contributed by atoms with E-state index >= 15 is 0 Å². The molecule has 1 N–H and O–H groups in total. The Balaban J connectivity index is 1.72. The number of amides is 3. The van der Waals surface area contributed by atoms with E-state index < -0.39 is 12.1 Å². The maximum absolute atomic E-state index is 12.8. The van der Waals surface area contributed by atoms with Crippen LogP contribution in [-0.4, -0.2) is 39.8 Å². The molecule has 0 aliphatic carbocycles. The lowest BCUT2D eigenvalue weighted by molar-refractivity contribution is -0.127. The highest BCUT2D eigenvalue weighted by Crippen LogP contribution is 2.18. The van der Waals surface area contributed by atoms with Crippen LogP contribution in [0.5, 0.6) is 0 Å². The Labute approximate surface area is 159 Å². The molecular formula is C21H25N3O3. The lowest BCUT2D eigenvalue weighted by atomic mass is 10.1. The molecule has 0 spiro atoms. The molecule has 1 aliphatic heterocycles. The highest BCUT2D eigenvalue weighted by Gasteiger charge is 2.39. The molecule has 142 valence electrons. The quantitative estimate of drug-likeness (QED) is 0.604. The standard InChI is InChI=1S/C21H25N3O3/c1-4-10-23-14(2)11-17(15(23)3)19(25)13-24-20(26)18(22-21(24)27)12-16-8-6-5-7-9-16/h5-9,11,18H,4,10,12-13H2,1-3H3,(H,22,27)/t18-/m0/s1. The van der Waals surface area contributed by atoms with Crippen molar-refractivity contribution in [3.8, 4) is 0 Å². The van der Waals surface area contributed by atoms with E-state index in [0.717, 1.165) is 34.8 Å². The van der Waals surface area contributed by atoms with Gasteiger partial charge in [-0.3, -0.25) is 14.5 Å². The largest absolute Gasteiger partial charge is 0.348 e. The second-order valence-corrected chi connectivity index (χ2v) is 6.98. The molecule has 1 atom stereocenters. The van der Waals surface area contributed by atoms with Crippen LogP contribution >= 0.6 is 0 Å². The summed E-state index contributed by atoms with van der Waals surface area (Å²) in [6.07, 6.45) is 1.39. The van der Waals surface area contributed by atoms with Crippen LogP contribution < -0.4 is 5.32 Å². The van der Waals surface area contributed by atoms with Gasteiger partial charge in [-0.25, -0.2) is 4.79 Å². The van der Waals surface area contributed by atoms with Crippen LogP contribution in [0.2, 0.25) is 0 Å². The summed E-state index contributed by atoms with van der Waals surface area (Å²) in [7, 11) is 0. The first-order valence-corrected chi connectivity index (χ1v) is 9.28. The number of carbonyl (C=O) groups is 3. The van der Waals surface area contributed by atoms with E-state index in [9.17, 15) is 14.4 Å². The Morgan fingerprint density at radius 1 is 1.15 bits per heavy atom. The summed E-state index contributed by atoms with van der Waals surface area (Å²) in [5.74, 6) is -0.561. The number of rotatable bonds is 7. The van der Waals surface area contributed by atoms with E-state index in [0.29, 0.717) is 12.0 Å². The Bertz CT molecular complexity index is 870. The predicted octanol–water partition coefficient (Wildman–Crippen LogP) is 2.86. The summed E-state index contributed by atoms with van der Waals surface area (Å²) in [6, 6.07) is 10.2. The monoisotopic (exact) mass is 367 g/mol. The molecule has 0 saturated carbocycles. The minimum absolute atomic E-state index is 0.214. The Morgan fingerprint density at radius 3 is 2.52 bits per heavy atom. The normalized spacial score (nSPS) is 16.7. The van der Waals surface area contributed by atoms with Gasteiger partial charge in [0.15, 0.2) is 5.78 Å². The van der Waals surface area contributed by atoms with Crippen LogP contribution in [0.15, 0.2) is 36.4 Å². The molecule has 3 rings (SSSR count). The topological polar surface area (TPSA) is 71.4 Å². The van der Waals surface area contributed by atoms with Gasteiger partial charge in [0.05, 0.1) is 6.54 Å². The van der Waals surface area contributed by atoms with Gasteiger partial charge in [-0.05, 0) is 31.9 Å². The van der Waals surface area contributed by atoms with Crippen molar-refractivity contribution in [1.82, 2.24) is 14.8 Å². The summed E-state index contributed by atoms with van der Waals surface area (Å²) in [5.41, 5.74) is 3.43. The zero-order chi connectivity index (χ0) is 19.6. The van der Waals surface area contributed by atoms with Crippen molar-refractivity contribution in [3.63, 3.8) is 0 Å². The lowest BCUT2D eigenvalue weighted by Gasteiger charge is -2.13. The summed E-state index contributed by atoms with van der Waals surface area (Å²) in [6.45, 7) is 6.56. The van der Waals surface area contributed by atoms with Crippen molar-refractivity contribution in [1.29, 1.82) is 0 Å². The summed E-state index contributed by atoms with van der Waals surface area (Å²) >= 11 is 0. The smallest absolute Gasteiger partial charge is 0.325 e. The molecule has 1 saturated heterocycles. The van der Waals surface area contributed by atoms with Crippen LogP contribution in [0, 0.1) is 13.8 Å². The lowest BCUT2D eigenvalue weighted by Crippen LogP contribution is -2.36. The van der Waals surface area contributed by atoms with Crippen LogP contribution in [0.4, 0.5) is 4.79 Å². The second-order valence-electron chi connectivity index (χ2n) is 6.98. The van der Waals surface area contributed by atoms with Crippen molar-refractivity contribution in [3.05, 3.63) is 58.9 Å². The molecule has 27 heavy (non-hydrogen) atoms.